The second kappa shape index (κ2) is 9.00. The van der Waals surface area contributed by atoms with Crippen molar-refractivity contribution < 1.29 is 18.8 Å². The van der Waals surface area contributed by atoms with E-state index < -0.39 is 0 Å². The topological polar surface area (TPSA) is 76.8 Å². The van der Waals surface area contributed by atoms with Gasteiger partial charge in [0.15, 0.2) is 0 Å². The van der Waals surface area contributed by atoms with Crippen LogP contribution in [0, 0.1) is 13.8 Å². The summed E-state index contributed by atoms with van der Waals surface area (Å²) in [6, 6.07) is 15.0. The van der Waals surface area contributed by atoms with E-state index in [4.69, 9.17) is 14.0 Å². The number of aryl methyl sites for hydroxylation is 2. The minimum atomic E-state index is -0.183. The molecule has 0 radical (unpaired) electrons. The molecule has 1 aliphatic rings. The Hall–Kier alpha value is -3.32. The summed E-state index contributed by atoms with van der Waals surface area (Å²) >= 11 is 0. The fraction of sp³-hybridized carbons (Fsp3) is 0.304. The second-order valence-electron chi connectivity index (χ2n) is 7.22. The van der Waals surface area contributed by atoms with Gasteiger partial charge in [0, 0.05) is 30.0 Å². The van der Waals surface area contributed by atoms with Gasteiger partial charge in [0.25, 0.3) is 5.91 Å². The Morgan fingerprint density at radius 1 is 1.13 bits per heavy atom. The molecule has 2 heterocycles. The molecular formula is C23H25N3O4. The number of aromatic nitrogens is 1. The van der Waals surface area contributed by atoms with E-state index in [-0.39, 0.29) is 5.91 Å². The van der Waals surface area contributed by atoms with Gasteiger partial charge in [-0.05, 0) is 56.3 Å². The maximum atomic E-state index is 12.7. The molecule has 7 nitrogen and oxygen atoms in total. The standard InChI is InChI=1S/C23H25N3O4/c1-16-22(17(2)30-25-16)15-29-21-5-3-4-18(14-21)23(27)24-19-6-8-20(9-7-19)26-10-12-28-13-11-26/h3-9,14H,10-13,15H2,1-2H3,(H,24,27). The summed E-state index contributed by atoms with van der Waals surface area (Å²) in [5.41, 5.74) is 4.14. The lowest BCUT2D eigenvalue weighted by Crippen LogP contribution is -2.36. The molecule has 0 aliphatic carbocycles. The van der Waals surface area contributed by atoms with Crippen LogP contribution in [0.25, 0.3) is 0 Å². The van der Waals surface area contributed by atoms with Gasteiger partial charge >= 0.3 is 0 Å². The molecular weight excluding hydrogens is 382 g/mol. The predicted molar refractivity (Wildman–Crippen MR) is 114 cm³/mol. The Morgan fingerprint density at radius 3 is 2.60 bits per heavy atom. The van der Waals surface area contributed by atoms with Gasteiger partial charge in [0.1, 0.15) is 18.1 Å². The summed E-state index contributed by atoms with van der Waals surface area (Å²) < 4.78 is 16.4. The molecule has 1 N–H and O–H groups in total. The van der Waals surface area contributed by atoms with Crippen molar-refractivity contribution in [2.75, 3.05) is 36.5 Å². The van der Waals surface area contributed by atoms with E-state index in [1.165, 1.54) is 0 Å². The normalized spacial score (nSPS) is 13.9. The van der Waals surface area contributed by atoms with E-state index in [2.05, 4.69) is 15.4 Å². The maximum absolute atomic E-state index is 12.7. The Labute approximate surface area is 175 Å². The van der Waals surface area contributed by atoms with Gasteiger partial charge in [0.05, 0.1) is 24.5 Å². The van der Waals surface area contributed by atoms with Crippen molar-refractivity contribution in [3.8, 4) is 5.75 Å². The van der Waals surface area contributed by atoms with E-state index >= 15 is 0 Å². The number of nitrogens with one attached hydrogen (secondary N) is 1. The van der Waals surface area contributed by atoms with E-state index in [0.717, 1.165) is 54.7 Å². The first kappa shape index (κ1) is 20.0. The monoisotopic (exact) mass is 407 g/mol. The highest BCUT2D eigenvalue weighted by Gasteiger charge is 2.13. The molecule has 1 amide bonds. The minimum absolute atomic E-state index is 0.183. The van der Waals surface area contributed by atoms with E-state index in [1.807, 2.05) is 44.2 Å². The zero-order valence-corrected chi connectivity index (χ0v) is 17.2. The first-order valence-corrected chi connectivity index (χ1v) is 9.99. The number of carbonyl (C=O) groups is 1. The lowest BCUT2D eigenvalue weighted by Gasteiger charge is -2.28. The van der Waals surface area contributed by atoms with Crippen molar-refractivity contribution in [3.05, 3.63) is 71.1 Å². The van der Waals surface area contributed by atoms with E-state index in [1.54, 1.807) is 18.2 Å². The third kappa shape index (κ3) is 4.63. The number of carbonyl (C=O) groups excluding carboxylic acids is 1. The molecule has 0 unspecified atom stereocenters. The van der Waals surface area contributed by atoms with Crippen molar-refractivity contribution in [2.24, 2.45) is 0 Å². The molecule has 30 heavy (non-hydrogen) atoms. The van der Waals surface area contributed by atoms with Crippen LogP contribution >= 0.6 is 0 Å². The molecule has 1 aliphatic heterocycles. The molecule has 3 aromatic rings. The van der Waals surface area contributed by atoms with E-state index in [0.29, 0.717) is 17.9 Å². The van der Waals surface area contributed by atoms with Crippen LogP contribution in [0.3, 0.4) is 0 Å². The van der Waals surface area contributed by atoms with Crippen molar-refractivity contribution in [2.45, 2.75) is 20.5 Å². The largest absolute Gasteiger partial charge is 0.489 e. The highest BCUT2D eigenvalue weighted by molar-refractivity contribution is 6.04. The Kier molecular flexibility index (Phi) is 5.99. The third-order valence-electron chi connectivity index (χ3n) is 5.16. The van der Waals surface area contributed by atoms with Gasteiger partial charge in [-0.25, -0.2) is 0 Å². The third-order valence-corrected chi connectivity index (χ3v) is 5.16. The molecule has 1 saturated heterocycles. The summed E-state index contributed by atoms with van der Waals surface area (Å²) in [7, 11) is 0. The quantitative estimate of drug-likeness (QED) is 0.667. The van der Waals surface area contributed by atoms with Crippen LogP contribution in [0.1, 0.15) is 27.4 Å². The Balaban J connectivity index is 1.38. The summed E-state index contributed by atoms with van der Waals surface area (Å²) in [5.74, 6) is 1.17. The van der Waals surface area contributed by atoms with Gasteiger partial charge in [-0.2, -0.15) is 0 Å². The fourth-order valence-corrected chi connectivity index (χ4v) is 3.37. The molecule has 7 heteroatoms. The first-order chi connectivity index (χ1) is 14.6. The predicted octanol–water partition coefficient (Wildman–Crippen LogP) is 3.96. The average Bonchev–Trinajstić information content (AvgIpc) is 3.11. The number of amides is 1. The molecule has 0 bridgehead atoms. The number of ether oxygens (including phenoxy) is 2. The smallest absolute Gasteiger partial charge is 0.255 e. The molecule has 1 aromatic heterocycles. The van der Waals surface area contributed by atoms with Gasteiger partial charge in [0.2, 0.25) is 0 Å². The van der Waals surface area contributed by atoms with Crippen LogP contribution in [0.5, 0.6) is 5.75 Å². The number of benzene rings is 2. The van der Waals surface area contributed by atoms with E-state index in [9.17, 15) is 4.79 Å². The van der Waals surface area contributed by atoms with Gasteiger partial charge in [-0.3, -0.25) is 4.79 Å². The summed E-state index contributed by atoms with van der Waals surface area (Å²) in [4.78, 5) is 14.9. The molecule has 0 spiro atoms. The first-order valence-electron chi connectivity index (χ1n) is 9.99. The number of nitrogens with zero attached hydrogens (tertiary/aromatic N) is 2. The average molecular weight is 407 g/mol. The van der Waals surface area contributed by atoms with Crippen LogP contribution in [0.15, 0.2) is 53.1 Å². The van der Waals surface area contributed by atoms with Crippen molar-refractivity contribution >= 4 is 17.3 Å². The molecule has 156 valence electrons. The van der Waals surface area contributed by atoms with Gasteiger partial charge in [-0.15, -0.1) is 0 Å². The lowest BCUT2D eigenvalue weighted by molar-refractivity contribution is 0.102. The minimum Gasteiger partial charge on any atom is -0.489 e. The maximum Gasteiger partial charge on any atom is 0.255 e. The fourth-order valence-electron chi connectivity index (χ4n) is 3.37. The van der Waals surface area contributed by atoms with Crippen LogP contribution in [0.2, 0.25) is 0 Å². The highest BCUT2D eigenvalue weighted by atomic mass is 16.5. The molecule has 4 rings (SSSR count). The molecule has 0 saturated carbocycles. The van der Waals surface area contributed by atoms with Crippen molar-refractivity contribution in [3.63, 3.8) is 0 Å². The number of hydrogen-bond donors (Lipinski definition) is 1. The van der Waals surface area contributed by atoms with Gasteiger partial charge < -0.3 is 24.2 Å². The number of anilines is 2. The van der Waals surface area contributed by atoms with Crippen LogP contribution in [-0.2, 0) is 11.3 Å². The zero-order chi connectivity index (χ0) is 20.9. The summed E-state index contributed by atoms with van der Waals surface area (Å²) in [5, 5.41) is 6.87. The zero-order valence-electron chi connectivity index (χ0n) is 17.2. The number of morpholine rings is 1. The van der Waals surface area contributed by atoms with Crippen LogP contribution in [-0.4, -0.2) is 37.4 Å². The molecule has 1 fully saturated rings. The van der Waals surface area contributed by atoms with Crippen molar-refractivity contribution in [1.29, 1.82) is 0 Å². The Morgan fingerprint density at radius 2 is 1.90 bits per heavy atom. The molecule has 2 aromatic carbocycles. The number of hydrogen-bond acceptors (Lipinski definition) is 6. The summed E-state index contributed by atoms with van der Waals surface area (Å²) in [6.07, 6.45) is 0. The lowest BCUT2D eigenvalue weighted by atomic mass is 10.2. The Bertz CT molecular complexity index is 988. The SMILES string of the molecule is Cc1noc(C)c1COc1cccc(C(=O)Nc2ccc(N3CCOCC3)cc2)c1. The molecule has 0 atom stereocenters. The van der Waals surface area contributed by atoms with Crippen molar-refractivity contribution in [1.82, 2.24) is 5.16 Å². The van der Waals surface area contributed by atoms with Gasteiger partial charge in [-0.1, -0.05) is 11.2 Å². The van der Waals surface area contributed by atoms with Crippen LogP contribution in [0.4, 0.5) is 11.4 Å². The highest BCUT2D eigenvalue weighted by Crippen LogP contribution is 2.21. The van der Waals surface area contributed by atoms with Crippen LogP contribution < -0.4 is 15.0 Å². The second-order valence-corrected chi connectivity index (χ2v) is 7.22. The summed E-state index contributed by atoms with van der Waals surface area (Å²) in [6.45, 7) is 7.32. The number of rotatable bonds is 6.